The molecule has 7 nitrogen and oxygen atoms in total. The summed E-state index contributed by atoms with van der Waals surface area (Å²) in [6.45, 7) is 2.00. The first-order valence-electron chi connectivity index (χ1n) is 10.5. The molecule has 0 spiro atoms. The van der Waals surface area contributed by atoms with Crippen molar-refractivity contribution < 1.29 is 31.5 Å². The molecular weight excluding hydrogens is 430 g/mol. The molecule has 3 rings (SSSR count). The minimum Gasteiger partial charge on any atom is -0.453 e. The minimum absolute atomic E-state index is 0.0618. The number of benzene rings is 1. The maximum Gasteiger partial charge on any atom is 0.410 e. The molecule has 1 aliphatic heterocycles. The van der Waals surface area contributed by atoms with Crippen molar-refractivity contribution in [3.63, 3.8) is 0 Å². The zero-order chi connectivity index (χ0) is 22.8. The van der Waals surface area contributed by atoms with Gasteiger partial charge in [0.2, 0.25) is 10.0 Å². The topological polar surface area (TPSA) is 84.9 Å². The molecule has 31 heavy (non-hydrogen) atoms. The van der Waals surface area contributed by atoms with E-state index >= 15 is 0 Å². The molecule has 1 amide bonds. The Hall–Kier alpha value is -1.78. The van der Waals surface area contributed by atoms with Gasteiger partial charge >= 0.3 is 6.09 Å². The van der Waals surface area contributed by atoms with Crippen molar-refractivity contribution in [3.05, 3.63) is 35.4 Å². The number of hydrogen-bond donors (Lipinski definition) is 1. The van der Waals surface area contributed by atoms with Crippen LogP contribution in [0.5, 0.6) is 0 Å². The molecule has 0 aromatic heterocycles. The molecular formula is C21H30F2N2O5S. The molecule has 0 radical (unpaired) electrons. The number of sulfonamides is 1. The van der Waals surface area contributed by atoms with Crippen LogP contribution in [0.1, 0.15) is 50.5 Å². The number of hydrogen-bond acceptors (Lipinski definition) is 5. The molecule has 1 heterocycles. The van der Waals surface area contributed by atoms with Gasteiger partial charge in [0.25, 0.3) is 0 Å². The van der Waals surface area contributed by atoms with E-state index in [1.165, 1.54) is 18.1 Å². The second kappa shape index (κ2) is 9.79. The summed E-state index contributed by atoms with van der Waals surface area (Å²) >= 11 is 0. The van der Waals surface area contributed by atoms with Crippen LogP contribution in [-0.2, 0) is 19.5 Å². The third-order valence-electron chi connectivity index (χ3n) is 6.22. The average molecular weight is 461 g/mol. The van der Waals surface area contributed by atoms with Crippen LogP contribution < -0.4 is 4.72 Å². The first kappa shape index (κ1) is 23.9. The average Bonchev–Trinajstić information content (AvgIpc) is 3.01. The van der Waals surface area contributed by atoms with Crippen molar-refractivity contribution in [2.24, 2.45) is 0 Å². The number of halogens is 2. The van der Waals surface area contributed by atoms with E-state index in [0.29, 0.717) is 37.7 Å². The Balaban J connectivity index is 1.61. The monoisotopic (exact) mass is 460 g/mol. The molecule has 3 atom stereocenters. The van der Waals surface area contributed by atoms with Crippen LogP contribution in [0.25, 0.3) is 0 Å². The van der Waals surface area contributed by atoms with Gasteiger partial charge in [0, 0.05) is 12.1 Å². The number of rotatable bonds is 6. The van der Waals surface area contributed by atoms with E-state index in [2.05, 4.69) is 4.72 Å². The van der Waals surface area contributed by atoms with Gasteiger partial charge in [-0.05, 0) is 68.7 Å². The Morgan fingerprint density at radius 3 is 2.52 bits per heavy atom. The van der Waals surface area contributed by atoms with Gasteiger partial charge in [0.05, 0.1) is 32.1 Å². The molecule has 174 valence electrons. The molecule has 1 aromatic carbocycles. The van der Waals surface area contributed by atoms with Gasteiger partial charge in [-0.2, -0.15) is 0 Å². The van der Waals surface area contributed by atoms with Gasteiger partial charge < -0.3 is 9.47 Å². The fourth-order valence-electron chi connectivity index (χ4n) is 4.78. The lowest BCUT2D eigenvalue weighted by molar-refractivity contribution is -0.00872. The van der Waals surface area contributed by atoms with Gasteiger partial charge in [-0.25, -0.2) is 26.7 Å². The van der Waals surface area contributed by atoms with Crippen molar-refractivity contribution in [2.45, 2.75) is 69.2 Å². The van der Waals surface area contributed by atoms with Crippen LogP contribution in [0.2, 0.25) is 0 Å². The molecule has 0 unspecified atom stereocenters. The lowest BCUT2D eigenvalue weighted by atomic mass is 9.82. The van der Waals surface area contributed by atoms with Crippen LogP contribution in [0, 0.1) is 11.6 Å². The van der Waals surface area contributed by atoms with Crippen molar-refractivity contribution >= 4 is 16.1 Å². The number of carbonyl (C=O) groups excluding carboxylic acids is 1. The predicted octanol–water partition coefficient (Wildman–Crippen LogP) is 3.15. The van der Waals surface area contributed by atoms with E-state index in [4.69, 9.17) is 9.47 Å². The van der Waals surface area contributed by atoms with Crippen molar-refractivity contribution in [1.82, 2.24) is 9.62 Å². The highest BCUT2D eigenvalue weighted by Crippen LogP contribution is 2.36. The summed E-state index contributed by atoms with van der Waals surface area (Å²) in [4.78, 5) is 13.8. The lowest BCUT2D eigenvalue weighted by Gasteiger charge is -2.33. The van der Waals surface area contributed by atoms with Crippen LogP contribution in [0.3, 0.4) is 0 Å². The van der Waals surface area contributed by atoms with Crippen LogP contribution in [0.4, 0.5) is 13.6 Å². The quantitative estimate of drug-likeness (QED) is 0.705. The molecule has 1 aliphatic carbocycles. The van der Waals surface area contributed by atoms with E-state index in [9.17, 15) is 22.0 Å². The lowest BCUT2D eigenvalue weighted by Crippen LogP contribution is -2.50. The van der Waals surface area contributed by atoms with Crippen LogP contribution in [0.15, 0.2) is 18.2 Å². The highest BCUT2D eigenvalue weighted by molar-refractivity contribution is 7.88. The summed E-state index contributed by atoms with van der Waals surface area (Å²) in [6.07, 6.45) is 3.60. The van der Waals surface area contributed by atoms with E-state index in [1.807, 2.05) is 6.92 Å². The van der Waals surface area contributed by atoms with Gasteiger partial charge in [-0.15, -0.1) is 0 Å². The maximum atomic E-state index is 14.1. The second-order valence-electron chi connectivity index (χ2n) is 8.50. The van der Waals surface area contributed by atoms with E-state index < -0.39 is 39.8 Å². The molecule has 1 aromatic rings. The molecule has 2 fully saturated rings. The zero-order valence-electron chi connectivity index (χ0n) is 18.0. The highest BCUT2D eigenvalue weighted by atomic mass is 32.2. The molecule has 1 N–H and O–H groups in total. The first-order chi connectivity index (χ1) is 14.6. The molecule has 1 saturated heterocycles. The Labute approximate surface area is 182 Å². The first-order valence-corrected chi connectivity index (χ1v) is 12.4. The predicted molar refractivity (Wildman–Crippen MR) is 111 cm³/mol. The Morgan fingerprint density at radius 2 is 1.90 bits per heavy atom. The third-order valence-corrected chi connectivity index (χ3v) is 6.95. The number of likely N-dealkylation sites (tertiary alicyclic amines) is 1. The second-order valence-corrected chi connectivity index (χ2v) is 10.3. The van der Waals surface area contributed by atoms with Crippen molar-refractivity contribution in [3.8, 4) is 0 Å². The highest BCUT2D eigenvalue weighted by Gasteiger charge is 2.44. The summed E-state index contributed by atoms with van der Waals surface area (Å²) in [5.41, 5.74) is 0.400. The Morgan fingerprint density at radius 1 is 1.23 bits per heavy atom. The summed E-state index contributed by atoms with van der Waals surface area (Å²) in [7, 11) is -2.17. The normalized spacial score (nSPS) is 29.2. The van der Waals surface area contributed by atoms with E-state index in [-0.39, 0.29) is 24.7 Å². The third kappa shape index (κ3) is 5.93. The van der Waals surface area contributed by atoms with Crippen LogP contribution >= 0.6 is 0 Å². The van der Waals surface area contributed by atoms with Crippen molar-refractivity contribution in [1.29, 1.82) is 0 Å². The summed E-state index contributed by atoms with van der Waals surface area (Å²) in [5, 5.41) is 0. The van der Waals surface area contributed by atoms with E-state index in [1.54, 1.807) is 0 Å². The minimum atomic E-state index is -3.46. The summed E-state index contributed by atoms with van der Waals surface area (Å²) < 4.78 is 64.7. The zero-order valence-corrected chi connectivity index (χ0v) is 18.8. The Kier molecular flexibility index (Phi) is 7.54. The number of carbonyl (C=O) groups is 1. The molecule has 2 aliphatic rings. The molecule has 0 bridgehead atoms. The number of amides is 1. The molecule has 10 heteroatoms. The SMILES string of the molecule is COC(=O)N1[C@H](C)C[C@H](NS(C)(=O)=O)[C@@H]1CO[C@H]1CC[C@@H](c2cc(F)ccc2F)CC1. The summed E-state index contributed by atoms with van der Waals surface area (Å²) in [6, 6.07) is 2.37. The summed E-state index contributed by atoms with van der Waals surface area (Å²) in [5.74, 6) is -0.903. The van der Waals surface area contributed by atoms with Gasteiger partial charge in [-0.1, -0.05) is 0 Å². The van der Waals surface area contributed by atoms with Crippen LogP contribution in [-0.4, -0.2) is 63.6 Å². The van der Waals surface area contributed by atoms with E-state index in [0.717, 1.165) is 18.4 Å². The maximum absolute atomic E-state index is 14.1. The number of methoxy groups -OCH3 is 1. The van der Waals surface area contributed by atoms with Gasteiger partial charge in [0.1, 0.15) is 11.6 Å². The fraction of sp³-hybridized carbons (Fsp3) is 0.667. The standard InChI is InChI=1S/C21H30F2N2O5S/c1-13-10-19(24-31(3,27)28)20(25(13)21(26)29-2)12-30-16-7-4-14(5-8-16)17-11-15(22)6-9-18(17)23/h6,9,11,13-14,16,19-20,24H,4-5,7-8,10,12H2,1-3H3/t13-,14-,16+,19+,20+/m1/s1. The van der Waals surface area contributed by atoms with Crippen molar-refractivity contribution in [2.75, 3.05) is 20.0 Å². The fourth-order valence-corrected chi connectivity index (χ4v) is 5.58. The smallest absolute Gasteiger partial charge is 0.410 e. The number of nitrogens with one attached hydrogen (secondary N) is 1. The number of ether oxygens (including phenoxy) is 2. The van der Waals surface area contributed by atoms with Gasteiger partial charge in [-0.3, -0.25) is 4.90 Å². The van der Waals surface area contributed by atoms with Gasteiger partial charge in [0.15, 0.2) is 0 Å². The molecule has 1 saturated carbocycles. The number of nitrogens with zero attached hydrogens (tertiary/aromatic N) is 1. The largest absolute Gasteiger partial charge is 0.453 e. The Bertz CT molecular complexity index is 890.